The summed E-state index contributed by atoms with van der Waals surface area (Å²) < 4.78 is 27.1. The van der Waals surface area contributed by atoms with Crippen molar-refractivity contribution in [2.75, 3.05) is 6.54 Å². The van der Waals surface area contributed by atoms with E-state index in [9.17, 15) is 8.78 Å². The van der Waals surface area contributed by atoms with E-state index in [-0.39, 0.29) is 12.4 Å². The minimum absolute atomic E-state index is 0. The van der Waals surface area contributed by atoms with Gasteiger partial charge in [-0.3, -0.25) is 0 Å². The molecular formula is C9H18ClF2N. The lowest BCUT2D eigenvalue weighted by Gasteiger charge is -2.35. The Morgan fingerprint density at radius 1 is 1.23 bits per heavy atom. The molecule has 80 valence electrons. The topological polar surface area (TPSA) is 12.0 Å². The van der Waals surface area contributed by atoms with Gasteiger partial charge in [-0.15, -0.1) is 12.4 Å². The van der Waals surface area contributed by atoms with E-state index in [4.69, 9.17) is 0 Å². The third-order valence-corrected chi connectivity index (χ3v) is 2.50. The summed E-state index contributed by atoms with van der Waals surface area (Å²) in [5.74, 6) is -2.59. The van der Waals surface area contributed by atoms with Crippen molar-refractivity contribution in [3.05, 3.63) is 0 Å². The lowest BCUT2D eigenvalue weighted by molar-refractivity contribution is -0.120. The maximum atomic E-state index is 13.6. The zero-order valence-electron chi connectivity index (χ0n) is 8.36. The van der Waals surface area contributed by atoms with Gasteiger partial charge in [0.25, 0.3) is 5.92 Å². The van der Waals surface area contributed by atoms with Gasteiger partial charge in [-0.2, -0.15) is 0 Å². The van der Waals surface area contributed by atoms with Gasteiger partial charge in [0.1, 0.15) is 0 Å². The second-order valence-corrected chi connectivity index (χ2v) is 4.52. The molecule has 1 unspecified atom stereocenters. The van der Waals surface area contributed by atoms with Crippen LogP contribution in [0.3, 0.4) is 0 Å². The van der Waals surface area contributed by atoms with Gasteiger partial charge in [-0.25, -0.2) is 8.78 Å². The summed E-state index contributed by atoms with van der Waals surface area (Å²) in [6.45, 7) is 5.50. The number of alkyl halides is 2. The number of nitrogens with one attached hydrogen (secondary N) is 1. The zero-order chi connectivity index (χ0) is 9.41. The highest BCUT2D eigenvalue weighted by Gasteiger charge is 2.50. The van der Waals surface area contributed by atoms with Crippen LogP contribution in [0.15, 0.2) is 0 Å². The van der Waals surface area contributed by atoms with Crippen molar-refractivity contribution in [2.24, 2.45) is 5.41 Å². The fourth-order valence-electron chi connectivity index (χ4n) is 1.52. The highest BCUT2D eigenvalue weighted by atomic mass is 35.5. The maximum Gasteiger partial charge on any atom is 0.267 e. The van der Waals surface area contributed by atoms with Crippen molar-refractivity contribution in [2.45, 2.75) is 45.6 Å². The first-order chi connectivity index (χ1) is 5.36. The van der Waals surface area contributed by atoms with Crippen LogP contribution in [0.25, 0.3) is 0 Å². The Morgan fingerprint density at radius 2 is 1.77 bits per heavy atom. The molecular weight excluding hydrogens is 196 g/mol. The number of hydrogen-bond donors (Lipinski definition) is 1. The van der Waals surface area contributed by atoms with Crippen LogP contribution in [-0.2, 0) is 0 Å². The molecule has 0 spiro atoms. The van der Waals surface area contributed by atoms with Gasteiger partial charge in [0, 0.05) is 5.41 Å². The molecule has 1 heterocycles. The first-order valence-corrected chi connectivity index (χ1v) is 4.47. The fourth-order valence-corrected chi connectivity index (χ4v) is 1.52. The van der Waals surface area contributed by atoms with Gasteiger partial charge >= 0.3 is 0 Å². The van der Waals surface area contributed by atoms with Gasteiger partial charge < -0.3 is 5.32 Å². The predicted molar refractivity (Wildman–Crippen MR) is 52.7 cm³/mol. The summed E-state index contributed by atoms with van der Waals surface area (Å²) in [5, 5.41) is 2.85. The number of rotatable bonds is 1. The van der Waals surface area contributed by atoms with Gasteiger partial charge in [-0.1, -0.05) is 20.8 Å². The van der Waals surface area contributed by atoms with Crippen molar-refractivity contribution in [1.82, 2.24) is 5.32 Å². The maximum absolute atomic E-state index is 13.6. The highest BCUT2D eigenvalue weighted by molar-refractivity contribution is 5.85. The Bertz CT molecular complexity index is 159. The molecule has 0 saturated carbocycles. The summed E-state index contributed by atoms with van der Waals surface area (Å²) in [6.07, 6.45) is 1.47. The monoisotopic (exact) mass is 213 g/mol. The molecule has 0 radical (unpaired) electrons. The Morgan fingerprint density at radius 3 is 2.08 bits per heavy atom. The first kappa shape index (κ1) is 13.1. The predicted octanol–water partition coefficient (Wildman–Crippen LogP) is 2.84. The summed E-state index contributed by atoms with van der Waals surface area (Å²) >= 11 is 0. The molecule has 13 heavy (non-hydrogen) atoms. The molecule has 0 aromatic heterocycles. The Hall–Kier alpha value is 0.110. The zero-order valence-corrected chi connectivity index (χ0v) is 9.18. The molecule has 1 N–H and O–H groups in total. The molecule has 0 aromatic rings. The molecule has 0 bridgehead atoms. The molecule has 1 atom stereocenters. The largest absolute Gasteiger partial charge is 0.309 e. The molecule has 4 heteroatoms. The Balaban J connectivity index is 0.00000144. The van der Waals surface area contributed by atoms with Crippen LogP contribution in [0.5, 0.6) is 0 Å². The lowest BCUT2D eigenvalue weighted by atomic mass is 9.83. The fraction of sp³-hybridized carbons (Fsp3) is 1.00. The van der Waals surface area contributed by atoms with Crippen molar-refractivity contribution in [3.8, 4) is 0 Å². The minimum Gasteiger partial charge on any atom is -0.309 e. The first-order valence-electron chi connectivity index (χ1n) is 4.47. The average Bonchev–Trinajstić information content (AvgIpc) is 2.34. The van der Waals surface area contributed by atoms with E-state index in [1.54, 1.807) is 20.8 Å². The Kier molecular flexibility index (Phi) is 4.13. The summed E-state index contributed by atoms with van der Waals surface area (Å²) in [4.78, 5) is 0. The van der Waals surface area contributed by atoms with Crippen LogP contribution in [-0.4, -0.2) is 18.5 Å². The van der Waals surface area contributed by atoms with Crippen molar-refractivity contribution >= 4 is 12.4 Å². The van der Waals surface area contributed by atoms with Gasteiger partial charge in [0.15, 0.2) is 0 Å². The molecule has 0 aromatic carbocycles. The summed E-state index contributed by atoms with van der Waals surface area (Å²) in [6, 6.07) is -0.613. The van der Waals surface area contributed by atoms with Gasteiger partial charge in [0.2, 0.25) is 0 Å². The number of halogens is 3. The Labute approximate surface area is 84.7 Å². The molecule has 1 rings (SSSR count). The lowest BCUT2D eigenvalue weighted by Crippen LogP contribution is -2.49. The van der Waals surface area contributed by atoms with Crippen LogP contribution in [0.2, 0.25) is 0 Å². The van der Waals surface area contributed by atoms with E-state index in [0.29, 0.717) is 6.42 Å². The van der Waals surface area contributed by atoms with E-state index >= 15 is 0 Å². The van der Waals surface area contributed by atoms with Crippen molar-refractivity contribution < 1.29 is 8.78 Å². The average molecular weight is 214 g/mol. The summed E-state index contributed by atoms with van der Waals surface area (Å²) in [5.41, 5.74) is -0.936. The highest BCUT2D eigenvalue weighted by Crippen LogP contribution is 2.40. The second kappa shape index (κ2) is 4.09. The molecule has 1 aliphatic heterocycles. The van der Waals surface area contributed by atoms with E-state index in [2.05, 4.69) is 5.32 Å². The van der Waals surface area contributed by atoms with Crippen molar-refractivity contribution in [1.29, 1.82) is 0 Å². The molecule has 1 nitrogen and oxygen atoms in total. The smallest absolute Gasteiger partial charge is 0.267 e. The normalized spacial score (nSPS) is 24.2. The van der Waals surface area contributed by atoms with Gasteiger partial charge in [-0.05, 0) is 19.4 Å². The SMILES string of the molecule is CC(C)(C)C(F)(F)C1CCCN1.Cl. The van der Waals surface area contributed by atoms with E-state index < -0.39 is 17.4 Å². The van der Waals surface area contributed by atoms with Gasteiger partial charge in [0.05, 0.1) is 6.04 Å². The van der Waals surface area contributed by atoms with Crippen molar-refractivity contribution in [3.63, 3.8) is 0 Å². The molecule has 0 aliphatic carbocycles. The van der Waals surface area contributed by atoms with Crippen LogP contribution in [0.1, 0.15) is 33.6 Å². The minimum atomic E-state index is -2.59. The van der Waals surface area contributed by atoms with Crippen LogP contribution in [0, 0.1) is 5.41 Å². The molecule has 1 saturated heterocycles. The van der Waals surface area contributed by atoms with E-state index in [1.165, 1.54) is 0 Å². The second-order valence-electron chi connectivity index (χ2n) is 4.52. The molecule has 1 aliphatic rings. The quantitative estimate of drug-likeness (QED) is 0.707. The van der Waals surface area contributed by atoms with Crippen LogP contribution >= 0.6 is 12.4 Å². The molecule has 0 amide bonds. The summed E-state index contributed by atoms with van der Waals surface area (Å²) in [7, 11) is 0. The third kappa shape index (κ3) is 2.53. The standard InChI is InChI=1S/C9H17F2N.ClH/c1-8(2,3)9(10,11)7-5-4-6-12-7;/h7,12H,4-6H2,1-3H3;1H. The number of hydrogen-bond acceptors (Lipinski definition) is 1. The van der Waals surface area contributed by atoms with Crippen LogP contribution < -0.4 is 5.32 Å². The van der Waals surface area contributed by atoms with E-state index in [0.717, 1.165) is 13.0 Å². The van der Waals surface area contributed by atoms with Crippen LogP contribution in [0.4, 0.5) is 8.78 Å². The van der Waals surface area contributed by atoms with E-state index in [1.807, 2.05) is 0 Å². The third-order valence-electron chi connectivity index (χ3n) is 2.50. The molecule has 1 fully saturated rings.